The molecule has 0 aliphatic carbocycles. The van der Waals surface area contributed by atoms with Crippen LogP contribution in [0, 0.1) is 0 Å². The fourth-order valence-corrected chi connectivity index (χ4v) is 4.91. The molecule has 0 atom stereocenters. The Morgan fingerprint density at radius 3 is 1.39 bits per heavy atom. The first kappa shape index (κ1) is 40.8. The van der Waals surface area contributed by atoms with E-state index in [1.165, 1.54) is 50.5 Å². The molecule has 0 unspecified atom stereocenters. The van der Waals surface area contributed by atoms with Crippen molar-refractivity contribution in [1.29, 1.82) is 0 Å². The first-order valence-electron chi connectivity index (χ1n) is 18.0. The third-order valence-corrected chi connectivity index (χ3v) is 7.59. The van der Waals surface area contributed by atoms with Gasteiger partial charge >= 0.3 is 0 Å². The molecule has 1 fully saturated rings. The normalized spacial score (nSPS) is 13.8. The highest BCUT2D eigenvalue weighted by molar-refractivity contribution is 5.27. The Morgan fingerprint density at radius 2 is 0.913 bits per heavy atom. The molecule has 1 heterocycles. The lowest BCUT2D eigenvalue weighted by molar-refractivity contribution is -0.0314. The van der Waals surface area contributed by atoms with Crippen molar-refractivity contribution in [2.75, 3.05) is 119 Å². The van der Waals surface area contributed by atoms with Gasteiger partial charge in [-0.15, -0.1) is 0 Å². The van der Waals surface area contributed by atoms with Gasteiger partial charge in [0.05, 0.1) is 105 Å². The molecule has 2 rings (SSSR count). The second-order valence-electron chi connectivity index (χ2n) is 11.5. The van der Waals surface area contributed by atoms with Gasteiger partial charge in [0.1, 0.15) is 12.4 Å². The van der Waals surface area contributed by atoms with Crippen LogP contribution >= 0.6 is 0 Å². The largest absolute Gasteiger partial charge is 0.491 e. The van der Waals surface area contributed by atoms with E-state index in [4.69, 9.17) is 42.6 Å². The van der Waals surface area contributed by atoms with Gasteiger partial charge in [-0.1, -0.05) is 57.6 Å². The average molecular weight is 656 g/mol. The van der Waals surface area contributed by atoms with Gasteiger partial charge < -0.3 is 47.9 Å². The summed E-state index contributed by atoms with van der Waals surface area (Å²) in [5.74, 6) is 0.892. The lowest BCUT2D eigenvalue weighted by atomic mass is 10.0. The number of hydrogen-bond donors (Lipinski definition) is 1. The summed E-state index contributed by atoms with van der Waals surface area (Å²) < 4.78 is 50.3. The number of ether oxygens (including phenoxy) is 9. The zero-order valence-corrected chi connectivity index (χ0v) is 28.9. The van der Waals surface area contributed by atoms with Gasteiger partial charge in [-0.2, -0.15) is 0 Å². The molecule has 1 aliphatic rings. The number of piperidine rings is 1. The summed E-state index contributed by atoms with van der Waals surface area (Å²) in [6, 6.07) is 8.47. The molecular weight excluding hydrogens is 590 g/mol. The third-order valence-electron chi connectivity index (χ3n) is 7.59. The molecule has 10 heteroatoms. The standard InChI is InChI=1S/C36H65NO9/c1-2-3-4-5-6-7-8-9-34-10-12-35(13-11-34)45-32-30-43-28-26-41-24-22-39-20-18-38-19-21-40-23-25-42-27-29-44-31-33-46-36-14-16-37-17-15-36/h10-13,36-37H,2-9,14-33H2,1H3. The van der Waals surface area contributed by atoms with Crippen LogP contribution in [0.1, 0.15) is 70.3 Å². The molecule has 46 heavy (non-hydrogen) atoms. The molecule has 268 valence electrons. The van der Waals surface area contributed by atoms with E-state index in [0.717, 1.165) is 38.1 Å². The number of nitrogens with one attached hydrogen (secondary N) is 1. The fraction of sp³-hybridized carbons (Fsp3) is 0.833. The van der Waals surface area contributed by atoms with Gasteiger partial charge in [-0.05, 0) is 56.5 Å². The predicted octanol–water partition coefficient (Wildman–Crippen LogP) is 5.24. The first-order valence-corrected chi connectivity index (χ1v) is 18.0. The fourth-order valence-electron chi connectivity index (χ4n) is 4.91. The van der Waals surface area contributed by atoms with Crippen molar-refractivity contribution in [1.82, 2.24) is 5.32 Å². The molecule has 1 aliphatic heterocycles. The molecule has 1 N–H and O–H groups in total. The third kappa shape index (κ3) is 25.7. The van der Waals surface area contributed by atoms with Crippen LogP contribution in [-0.2, 0) is 44.3 Å². The zero-order chi connectivity index (χ0) is 32.4. The lowest BCUT2D eigenvalue weighted by Crippen LogP contribution is -2.33. The molecule has 0 spiro atoms. The second kappa shape index (κ2) is 32.2. The van der Waals surface area contributed by atoms with Gasteiger partial charge in [0.2, 0.25) is 0 Å². The maximum atomic E-state index is 5.80. The molecule has 0 amide bonds. The van der Waals surface area contributed by atoms with E-state index in [1.54, 1.807) is 0 Å². The van der Waals surface area contributed by atoms with Crippen LogP contribution in [0.4, 0.5) is 0 Å². The summed E-state index contributed by atoms with van der Waals surface area (Å²) in [6.45, 7) is 13.2. The van der Waals surface area contributed by atoms with Crippen molar-refractivity contribution < 1.29 is 42.6 Å². The number of unbranched alkanes of at least 4 members (excludes halogenated alkanes) is 6. The van der Waals surface area contributed by atoms with E-state index < -0.39 is 0 Å². The Hall–Kier alpha value is -1.34. The maximum absolute atomic E-state index is 5.80. The van der Waals surface area contributed by atoms with Crippen molar-refractivity contribution in [3.63, 3.8) is 0 Å². The molecule has 1 aromatic carbocycles. The average Bonchev–Trinajstić information content (AvgIpc) is 3.09. The van der Waals surface area contributed by atoms with Crippen LogP contribution in [0.25, 0.3) is 0 Å². The topological polar surface area (TPSA) is 95.1 Å². The number of rotatable bonds is 34. The minimum absolute atomic E-state index is 0.377. The molecule has 1 saturated heterocycles. The van der Waals surface area contributed by atoms with Gasteiger partial charge in [-0.3, -0.25) is 0 Å². The maximum Gasteiger partial charge on any atom is 0.119 e. The minimum Gasteiger partial charge on any atom is -0.491 e. The summed E-state index contributed by atoms with van der Waals surface area (Å²) in [6.07, 6.45) is 13.1. The molecule has 10 nitrogen and oxygen atoms in total. The summed E-state index contributed by atoms with van der Waals surface area (Å²) >= 11 is 0. The molecule has 0 saturated carbocycles. The first-order chi connectivity index (χ1) is 22.9. The lowest BCUT2D eigenvalue weighted by Gasteiger charge is -2.22. The Bertz CT molecular complexity index is 749. The number of aryl methyl sites for hydroxylation is 1. The van der Waals surface area contributed by atoms with Crippen LogP contribution in [0.2, 0.25) is 0 Å². The zero-order valence-electron chi connectivity index (χ0n) is 28.9. The van der Waals surface area contributed by atoms with E-state index in [0.29, 0.717) is 112 Å². The molecule has 1 aromatic rings. The summed E-state index contributed by atoms with van der Waals surface area (Å²) in [7, 11) is 0. The van der Waals surface area contributed by atoms with E-state index in [2.05, 4.69) is 36.5 Å². The molecular formula is C36H65NO9. The van der Waals surface area contributed by atoms with Crippen molar-refractivity contribution in [3.8, 4) is 5.75 Å². The summed E-state index contributed by atoms with van der Waals surface area (Å²) in [5, 5.41) is 3.33. The highest BCUT2D eigenvalue weighted by Gasteiger charge is 2.12. The van der Waals surface area contributed by atoms with Gasteiger partial charge in [0.15, 0.2) is 0 Å². The van der Waals surface area contributed by atoms with Crippen LogP contribution in [0.5, 0.6) is 5.75 Å². The quantitative estimate of drug-likeness (QED) is 0.0994. The second-order valence-corrected chi connectivity index (χ2v) is 11.5. The van der Waals surface area contributed by atoms with E-state index in [-0.39, 0.29) is 0 Å². The monoisotopic (exact) mass is 655 g/mol. The Balaban J connectivity index is 1.20. The van der Waals surface area contributed by atoms with Crippen LogP contribution in [0.3, 0.4) is 0 Å². The van der Waals surface area contributed by atoms with Gasteiger partial charge in [-0.25, -0.2) is 0 Å². The minimum atomic E-state index is 0.377. The molecule has 0 aromatic heterocycles. The van der Waals surface area contributed by atoms with Crippen LogP contribution in [-0.4, -0.2) is 125 Å². The van der Waals surface area contributed by atoms with Crippen molar-refractivity contribution in [2.45, 2.75) is 77.2 Å². The summed E-state index contributed by atoms with van der Waals surface area (Å²) in [5.41, 5.74) is 1.39. The Morgan fingerprint density at radius 1 is 0.500 bits per heavy atom. The summed E-state index contributed by atoms with van der Waals surface area (Å²) in [4.78, 5) is 0. The Labute approximate surface area is 279 Å². The highest BCUT2D eigenvalue weighted by atomic mass is 16.6. The number of benzene rings is 1. The van der Waals surface area contributed by atoms with Crippen molar-refractivity contribution in [3.05, 3.63) is 29.8 Å². The SMILES string of the molecule is CCCCCCCCCc1ccc(OCCOCCOCCOCCOCCOCCOCCOCCOC2CCNCC2)cc1. The Kier molecular flexibility index (Phi) is 28.6. The predicted molar refractivity (Wildman–Crippen MR) is 181 cm³/mol. The smallest absolute Gasteiger partial charge is 0.119 e. The number of hydrogen-bond acceptors (Lipinski definition) is 10. The van der Waals surface area contributed by atoms with E-state index in [9.17, 15) is 0 Å². The molecule has 0 bridgehead atoms. The van der Waals surface area contributed by atoms with E-state index >= 15 is 0 Å². The van der Waals surface area contributed by atoms with Crippen LogP contribution < -0.4 is 10.1 Å². The van der Waals surface area contributed by atoms with Gasteiger partial charge in [0, 0.05) is 0 Å². The highest BCUT2D eigenvalue weighted by Crippen LogP contribution is 2.15. The van der Waals surface area contributed by atoms with Crippen molar-refractivity contribution >= 4 is 0 Å². The van der Waals surface area contributed by atoms with Crippen LogP contribution in [0.15, 0.2) is 24.3 Å². The van der Waals surface area contributed by atoms with Crippen molar-refractivity contribution in [2.24, 2.45) is 0 Å². The van der Waals surface area contributed by atoms with Gasteiger partial charge in [0.25, 0.3) is 0 Å². The van der Waals surface area contributed by atoms with E-state index in [1.807, 2.05) is 0 Å². The molecule has 0 radical (unpaired) electrons.